The first kappa shape index (κ1) is 14.2. The molecule has 1 aliphatic heterocycles. The fraction of sp³-hybridized carbons (Fsp3) is 0.444. The molecule has 124 valence electrons. The number of hydrogen-bond donors (Lipinski definition) is 2. The molecule has 0 saturated heterocycles. The van der Waals surface area contributed by atoms with E-state index < -0.39 is 0 Å². The number of aromatic hydroxyl groups is 1. The SMILES string of the molecule is Nc1nnc(-c2cc(F)c(C3CC3)cc2O)c2c1COC1(CC1)C2. The van der Waals surface area contributed by atoms with E-state index in [2.05, 4.69) is 10.2 Å². The summed E-state index contributed by atoms with van der Waals surface area (Å²) in [6.45, 7) is 0.396. The predicted molar refractivity (Wildman–Crippen MR) is 85.9 cm³/mol. The second-order valence-corrected chi connectivity index (χ2v) is 7.20. The van der Waals surface area contributed by atoms with Crippen molar-refractivity contribution in [3.8, 4) is 17.0 Å². The number of rotatable bonds is 2. The summed E-state index contributed by atoms with van der Waals surface area (Å²) in [5.74, 6) is 0.347. The van der Waals surface area contributed by atoms with Crippen LogP contribution in [-0.2, 0) is 17.8 Å². The van der Waals surface area contributed by atoms with Gasteiger partial charge in [0.25, 0.3) is 0 Å². The van der Waals surface area contributed by atoms with Crippen LogP contribution in [0.5, 0.6) is 5.75 Å². The zero-order valence-electron chi connectivity index (χ0n) is 13.2. The van der Waals surface area contributed by atoms with Gasteiger partial charge in [-0.1, -0.05) is 0 Å². The van der Waals surface area contributed by atoms with E-state index >= 15 is 0 Å². The first-order chi connectivity index (χ1) is 11.6. The minimum Gasteiger partial charge on any atom is -0.507 e. The van der Waals surface area contributed by atoms with Gasteiger partial charge >= 0.3 is 0 Å². The number of fused-ring (bicyclic) bond motifs is 1. The van der Waals surface area contributed by atoms with E-state index in [9.17, 15) is 9.50 Å². The van der Waals surface area contributed by atoms with Gasteiger partial charge in [0.15, 0.2) is 5.82 Å². The molecule has 0 amide bonds. The van der Waals surface area contributed by atoms with Crippen molar-refractivity contribution in [3.05, 3.63) is 34.6 Å². The number of nitrogens with two attached hydrogens (primary N) is 1. The van der Waals surface area contributed by atoms with Gasteiger partial charge in [0.2, 0.25) is 0 Å². The van der Waals surface area contributed by atoms with E-state index in [1.165, 1.54) is 6.07 Å². The molecule has 1 aromatic heterocycles. The Kier molecular flexibility index (Phi) is 2.75. The fourth-order valence-electron chi connectivity index (χ4n) is 3.62. The summed E-state index contributed by atoms with van der Waals surface area (Å²) in [5.41, 5.74) is 9.06. The van der Waals surface area contributed by atoms with Crippen LogP contribution in [0.2, 0.25) is 0 Å². The highest BCUT2D eigenvalue weighted by atomic mass is 19.1. The number of phenols is 1. The first-order valence-electron chi connectivity index (χ1n) is 8.37. The van der Waals surface area contributed by atoms with Crippen molar-refractivity contribution in [2.45, 2.75) is 50.2 Å². The number of nitrogen functional groups attached to an aromatic ring is 1. The van der Waals surface area contributed by atoms with Crippen molar-refractivity contribution in [2.24, 2.45) is 0 Å². The molecule has 5 rings (SSSR count). The molecular formula is C18H18FN3O2. The van der Waals surface area contributed by atoms with Gasteiger partial charge in [0, 0.05) is 17.5 Å². The molecule has 3 aliphatic rings. The molecule has 0 atom stereocenters. The van der Waals surface area contributed by atoms with E-state index in [0.29, 0.717) is 35.7 Å². The van der Waals surface area contributed by atoms with Gasteiger partial charge in [0.05, 0.1) is 12.2 Å². The zero-order valence-corrected chi connectivity index (χ0v) is 13.2. The lowest BCUT2D eigenvalue weighted by atomic mass is 9.92. The summed E-state index contributed by atoms with van der Waals surface area (Å²) < 4.78 is 20.4. The minimum absolute atomic E-state index is 0.0518. The summed E-state index contributed by atoms with van der Waals surface area (Å²) in [6, 6.07) is 2.93. The summed E-state index contributed by atoms with van der Waals surface area (Å²) in [7, 11) is 0. The molecule has 1 spiro atoms. The number of anilines is 1. The van der Waals surface area contributed by atoms with Crippen LogP contribution in [0.4, 0.5) is 10.2 Å². The van der Waals surface area contributed by atoms with Crippen LogP contribution in [-0.4, -0.2) is 20.9 Å². The Bertz CT molecular complexity index is 860. The Hall–Kier alpha value is -2.21. The van der Waals surface area contributed by atoms with Crippen LogP contribution >= 0.6 is 0 Å². The predicted octanol–water partition coefficient (Wildman–Crippen LogP) is 3.05. The third-order valence-electron chi connectivity index (χ3n) is 5.43. The first-order valence-corrected chi connectivity index (χ1v) is 8.37. The fourth-order valence-corrected chi connectivity index (χ4v) is 3.62. The maximum atomic E-state index is 14.5. The second kappa shape index (κ2) is 4.66. The standard InChI is InChI=1S/C18H18FN3O2/c19-14-5-11(15(23)6-10(14)9-1-2-9)16-12-7-18(3-4-18)24-8-13(12)17(20)22-21-16/h5-6,9,23H,1-4,7-8H2,(H2,20,22). The third kappa shape index (κ3) is 2.09. The van der Waals surface area contributed by atoms with Gasteiger partial charge in [-0.15, -0.1) is 10.2 Å². The van der Waals surface area contributed by atoms with Gasteiger partial charge < -0.3 is 15.6 Å². The maximum Gasteiger partial charge on any atom is 0.151 e. The molecule has 24 heavy (non-hydrogen) atoms. The number of phenolic OH excluding ortho intramolecular Hbond substituents is 1. The topological polar surface area (TPSA) is 81.3 Å². The molecule has 0 radical (unpaired) electrons. The quantitative estimate of drug-likeness (QED) is 0.886. The Labute approximate surface area is 138 Å². The van der Waals surface area contributed by atoms with Gasteiger partial charge in [-0.25, -0.2) is 4.39 Å². The van der Waals surface area contributed by atoms with Crippen LogP contribution in [0.3, 0.4) is 0 Å². The van der Waals surface area contributed by atoms with Crippen molar-refractivity contribution in [1.82, 2.24) is 10.2 Å². The number of ether oxygens (including phenoxy) is 1. The molecule has 5 nitrogen and oxygen atoms in total. The smallest absolute Gasteiger partial charge is 0.151 e. The van der Waals surface area contributed by atoms with Crippen molar-refractivity contribution >= 4 is 5.82 Å². The lowest BCUT2D eigenvalue weighted by Gasteiger charge is -2.27. The molecule has 6 heteroatoms. The van der Waals surface area contributed by atoms with Crippen molar-refractivity contribution in [1.29, 1.82) is 0 Å². The monoisotopic (exact) mass is 327 g/mol. The maximum absolute atomic E-state index is 14.5. The molecule has 0 bridgehead atoms. The number of aromatic nitrogens is 2. The normalized spacial score (nSPS) is 20.9. The molecule has 2 fully saturated rings. The van der Waals surface area contributed by atoms with Crippen LogP contribution in [0.1, 0.15) is 48.3 Å². The highest BCUT2D eigenvalue weighted by Crippen LogP contribution is 2.50. The number of halogens is 1. The van der Waals surface area contributed by atoms with E-state index in [1.807, 2.05) is 0 Å². The van der Waals surface area contributed by atoms with Crippen molar-refractivity contribution in [2.75, 3.05) is 5.73 Å². The van der Waals surface area contributed by atoms with Crippen LogP contribution < -0.4 is 5.73 Å². The molecule has 2 heterocycles. The van der Waals surface area contributed by atoms with Crippen LogP contribution in [0.15, 0.2) is 12.1 Å². The molecule has 2 aromatic rings. The molecule has 0 unspecified atom stereocenters. The van der Waals surface area contributed by atoms with Gasteiger partial charge in [-0.2, -0.15) is 0 Å². The average Bonchev–Trinajstić information content (AvgIpc) is 3.47. The third-order valence-corrected chi connectivity index (χ3v) is 5.43. The summed E-state index contributed by atoms with van der Waals surface area (Å²) in [4.78, 5) is 0. The Morgan fingerprint density at radius 2 is 2.00 bits per heavy atom. The Morgan fingerprint density at radius 3 is 2.71 bits per heavy atom. The molecule has 3 N–H and O–H groups in total. The van der Waals surface area contributed by atoms with Gasteiger partial charge in [-0.05, 0) is 54.9 Å². The zero-order chi connectivity index (χ0) is 16.5. The highest BCUT2D eigenvalue weighted by Gasteiger charge is 2.48. The number of hydrogen-bond acceptors (Lipinski definition) is 5. The lowest BCUT2D eigenvalue weighted by molar-refractivity contribution is 0.00838. The highest BCUT2D eigenvalue weighted by molar-refractivity contribution is 5.73. The molecule has 2 saturated carbocycles. The van der Waals surface area contributed by atoms with Crippen molar-refractivity contribution < 1.29 is 14.2 Å². The largest absolute Gasteiger partial charge is 0.507 e. The van der Waals surface area contributed by atoms with E-state index in [0.717, 1.165) is 36.8 Å². The number of nitrogens with zero attached hydrogens (tertiary/aromatic N) is 2. The van der Waals surface area contributed by atoms with E-state index in [1.54, 1.807) is 6.07 Å². The van der Waals surface area contributed by atoms with E-state index in [4.69, 9.17) is 10.5 Å². The summed E-state index contributed by atoms with van der Waals surface area (Å²) in [5, 5.41) is 18.6. The van der Waals surface area contributed by atoms with E-state index in [-0.39, 0.29) is 23.1 Å². The summed E-state index contributed by atoms with van der Waals surface area (Å²) in [6.07, 6.45) is 4.66. The van der Waals surface area contributed by atoms with Crippen LogP contribution in [0.25, 0.3) is 11.3 Å². The second-order valence-electron chi connectivity index (χ2n) is 7.20. The van der Waals surface area contributed by atoms with Gasteiger partial charge in [-0.3, -0.25) is 0 Å². The minimum atomic E-state index is -0.286. The van der Waals surface area contributed by atoms with Gasteiger partial charge in [0.1, 0.15) is 17.3 Å². The van der Waals surface area contributed by atoms with Crippen molar-refractivity contribution in [3.63, 3.8) is 0 Å². The Morgan fingerprint density at radius 1 is 1.21 bits per heavy atom. The lowest BCUT2D eigenvalue weighted by Crippen LogP contribution is -2.26. The molecular weight excluding hydrogens is 309 g/mol. The molecule has 1 aromatic carbocycles. The summed E-state index contributed by atoms with van der Waals surface area (Å²) >= 11 is 0. The molecule has 2 aliphatic carbocycles. The Balaban J connectivity index is 1.66. The van der Waals surface area contributed by atoms with Crippen LogP contribution in [0, 0.1) is 5.82 Å². The number of benzene rings is 1. The average molecular weight is 327 g/mol.